The lowest BCUT2D eigenvalue weighted by Crippen LogP contribution is -2.21. The summed E-state index contributed by atoms with van der Waals surface area (Å²) < 4.78 is 31.7. The third kappa shape index (κ3) is 3.98. The van der Waals surface area contributed by atoms with Crippen LogP contribution in [0.4, 0.5) is 13.2 Å². The molecule has 1 saturated heterocycles. The maximum absolute atomic E-state index is 11.1. The molecule has 1 fully saturated rings. The molecule has 1 atom stereocenters. The van der Waals surface area contributed by atoms with Gasteiger partial charge in [-0.1, -0.05) is 24.3 Å². The van der Waals surface area contributed by atoms with E-state index in [0.29, 0.717) is 5.92 Å². The predicted octanol–water partition coefficient (Wildman–Crippen LogP) is 3.26. The Morgan fingerprint density at radius 2 is 1.96 bits per heavy atom. The van der Waals surface area contributed by atoms with Crippen molar-refractivity contribution in [3.8, 4) is 0 Å². The van der Waals surface area contributed by atoms with E-state index in [1.165, 1.54) is 11.9 Å². The van der Waals surface area contributed by atoms with Crippen LogP contribution >= 0.6 is 0 Å². The molecule has 146 valence electrons. The second kappa shape index (κ2) is 7.34. The first-order valence-electron chi connectivity index (χ1n) is 8.26. The summed E-state index contributed by atoms with van der Waals surface area (Å²) in [4.78, 5) is 24.4. The first-order valence-corrected chi connectivity index (χ1v) is 8.26. The topological polar surface area (TPSA) is 99.5 Å². The first kappa shape index (κ1) is 19.4. The number of carboxylic acids is 2. The fourth-order valence-corrected chi connectivity index (χ4v) is 3.09. The highest BCUT2D eigenvalue weighted by atomic mass is 19.4. The SMILES string of the molecule is O=C(O)C(F)(F)F.O=C(O)c1cnc2c(c1)C=CC=C1C=C3NCCC3C=C12. The molecule has 0 aromatic carbocycles. The number of hydrogen-bond acceptors (Lipinski definition) is 4. The third-order valence-electron chi connectivity index (χ3n) is 4.39. The van der Waals surface area contributed by atoms with Gasteiger partial charge < -0.3 is 15.5 Å². The van der Waals surface area contributed by atoms with Crippen LogP contribution in [0.25, 0.3) is 11.6 Å². The molecular weight excluding hydrogens is 377 g/mol. The van der Waals surface area contributed by atoms with E-state index in [0.717, 1.165) is 35.4 Å². The largest absolute Gasteiger partial charge is 0.490 e. The van der Waals surface area contributed by atoms with Crippen molar-refractivity contribution in [3.63, 3.8) is 0 Å². The molecule has 28 heavy (non-hydrogen) atoms. The Labute approximate surface area is 157 Å². The van der Waals surface area contributed by atoms with Gasteiger partial charge >= 0.3 is 18.1 Å². The van der Waals surface area contributed by atoms with Crippen LogP contribution in [0.1, 0.15) is 28.0 Å². The van der Waals surface area contributed by atoms with Crippen molar-refractivity contribution in [1.29, 1.82) is 0 Å². The number of nitrogens with one attached hydrogen (secondary N) is 1. The lowest BCUT2D eigenvalue weighted by atomic mass is 9.88. The van der Waals surface area contributed by atoms with Gasteiger partial charge in [0.2, 0.25) is 0 Å². The number of aromatic carboxylic acids is 1. The van der Waals surface area contributed by atoms with Gasteiger partial charge in [-0.05, 0) is 24.1 Å². The first-order chi connectivity index (χ1) is 13.2. The molecule has 3 N–H and O–H groups in total. The molecule has 1 aromatic rings. The van der Waals surface area contributed by atoms with Crippen molar-refractivity contribution < 1.29 is 33.0 Å². The van der Waals surface area contributed by atoms with E-state index in [-0.39, 0.29) is 5.56 Å². The van der Waals surface area contributed by atoms with Gasteiger partial charge in [0.15, 0.2) is 0 Å². The van der Waals surface area contributed by atoms with E-state index in [1.54, 1.807) is 6.07 Å². The van der Waals surface area contributed by atoms with Crippen LogP contribution in [0.3, 0.4) is 0 Å². The number of alkyl halides is 3. The second-order valence-corrected chi connectivity index (χ2v) is 6.25. The third-order valence-corrected chi connectivity index (χ3v) is 4.39. The number of halogens is 3. The van der Waals surface area contributed by atoms with Gasteiger partial charge in [-0.2, -0.15) is 13.2 Å². The highest BCUT2D eigenvalue weighted by Crippen LogP contribution is 2.38. The quantitative estimate of drug-likeness (QED) is 0.679. The number of fused-ring (bicyclic) bond motifs is 4. The molecule has 0 amide bonds. The Morgan fingerprint density at radius 3 is 2.61 bits per heavy atom. The van der Waals surface area contributed by atoms with E-state index < -0.39 is 18.1 Å². The smallest absolute Gasteiger partial charge is 0.478 e. The molecule has 4 rings (SSSR count). The maximum atomic E-state index is 11.1. The van der Waals surface area contributed by atoms with E-state index in [1.807, 2.05) is 12.2 Å². The van der Waals surface area contributed by atoms with Crippen LogP contribution in [-0.2, 0) is 4.79 Å². The van der Waals surface area contributed by atoms with Gasteiger partial charge in [-0.25, -0.2) is 9.59 Å². The van der Waals surface area contributed by atoms with E-state index in [4.69, 9.17) is 15.0 Å². The number of aromatic nitrogens is 1. The molecular formula is C19H15F3N2O4. The summed E-state index contributed by atoms with van der Waals surface area (Å²) >= 11 is 0. The predicted molar refractivity (Wildman–Crippen MR) is 94.2 cm³/mol. The zero-order valence-corrected chi connectivity index (χ0v) is 14.3. The Hall–Kier alpha value is -3.36. The van der Waals surface area contributed by atoms with Crippen molar-refractivity contribution in [3.05, 3.63) is 64.7 Å². The Morgan fingerprint density at radius 1 is 1.25 bits per heavy atom. The molecule has 9 heteroatoms. The average molecular weight is 392 g/mol. The Balaban J connectivity index is 0.000000279. The van der Waals surface area contributed by atoms with E-state index in [9.17, 15) is 18.0 Å². The fraction of sp³-hybridized carbons (Fsp3) is 0.211. The summed E-state index contributed by atoms with van der Waals surface area (Å²) in [6.45, 7) is 1.00. The van der Waals surface area contributed by atoms with Crippen LogP contribution in [-0.4, -0.2) is 39.9 Å². The summed E-state index contributed by atoms with van der Waals surface area (Å²) in [5, 5.41) is 19.6. The van der Waals surface area contributed by atoms with Gasteiger partial charge in [0.05, 0.1) is 11.3 Å². The number of hydrogen-bond donors (Lipinski definition) is 3. The minimum Gasteiger partial charge on any atom is -0.478 e. The normalized spacial score (nSPS) is 19.2. The number of nitrogens with zero attached hydrogens (tertiary/aromatic N) is 1. The minimum absolute atomic E-state index is 0.219. The molecule has 0 saturated carbocycles. The van der Waals surface area contributed by atoms with Gasteiger partial charge in [0, 0.05) is 35.5 Å². The van der Waals surface area contributed by atoms with Gasteiger partial charge in [-0.15, -0.1) is 0 Å². The van der Waals surface area contributed by atoms with Crippen LogP contribution in [0, 0.1) is 5.92 Å². The number of allylic oxidation sites excluding steroid dienone is 6. The van der Waals surface area contributed by atoms with E-state index >= 15 is 0 Å². The summed E-state index contributed by atoms with van der Waals surface area (Å²) in [5.74, 6) is -3.28. The van der Waals surface area contributed by atoms with Crippen molar-refractivity contribution in [2.45, 2.75) is 12.6 Å². The van der Waals surface area contributed by atoms with Gasteiger partial charge in [-0.3, -0.25) is 4.98 Å². The van der Waals surface area contributed by atoms with Crippen LogP contribution in [0.2, 0.25) is 0 Å². The highest BCUT2D eigenvalue weighted by molar-refractivity contribution is 5.92. The van der Waals surface area contributed by atoms with Crippen molar-refractivity contribution in [2.75, 3.05) is 6.54 Å². The fourth-order valence-electron chi connectivity index (χ4n) is 3.09. The Bertz CT molecular complexity index is 958. The number of pyridine rings is 1. The summed E-state index contributed by atoms with van der Waals surface area (Å²) in [6, 6.07) is 1.69. The minimum atomic E-state index is -5.08. The summed E-state index contributed by atoms with van der Waals surface area (Å²) in [6.07, 6.45) is 7.80. The lowest BCUT2D eigenvalue weighted by molar-refractivity contribution is -0.192. The lowest BCUT2D eigenvalue weighted by Gasteiger charge is -2.19. The zero-order chi connectivity index (χ0) is 20.5. The van der Waals surface area contributed by atoms with Crippen molar-refractivity contribution in [1.82, 2.24) is 10.3 Å². The summed E-state index contributed by atoms with van der Waals surface area (Å²) in [5.41, 5.74) is 5.43. The number of carbonyl (C=O) groups is 2. The molecule has 2 aliphatic carbocycles. The monoisotopic (exact) mass is 392 g/mol. The molecule has 1 aromatic heterocycles. The molecule has 0 radical (unpaired) electrons. The number of rotatable bonds is 1. The van der Waals surface area contributed by atoms with Crippen LogP contribution in [0.15, 0.2) is 47.8 Å². The average Bonchev–Trinajstić information content (AvgIpc) is 3.00. The molecule has 2 heterocycles. The second-order valence-electron chi connectivity index (χ2n) is 6.25. The molecule has 1 unspecified atom stereocenters. The van der Waals surface area contributed by atoms with Crippen molar-refractivity contribution in [2.24, 2.45) is 5.92 Å². The van der Waals surface area contributed by atoms with Gasteiger partial charge in [0.25, 0.3) is 0 Å². The Kier molecular flexibility index (Phi) is 5.08. The standard InChI is InChI=1S/C17H14N2O2.C2HF3O2/c20-17(21)13-6-12-3-1-2-10-8-15-11(4-5-18-15)7-14(10)16(12)19-9-13;3-2(4,5)1(6)7/h1-3,6-9,11,18H,4-5H2,(H,20,21);(H,6,7). The zero-order valence-electron chi connectivity index (χ0n) is 14.3. The highest BCUT2D eigenvalue weighted by Gasteiger charge is 2.38. The molecule has 1 aliphatic heterocycles. The van der Waals surface area contributed by atoms with Gasteiger partial charge in [0.1, 0.15) is 0 Å². The van der Waals surface area contributed by atoms with Crippen LogP contribution in [0.5, 0.6) is 0 Å². The number of aliphatic carboxylic acids is 1. The van der Waals surface area contributed by atoms with E-state index in [2.05, 4.69) is 28.5 Å². The molecule has 3 aliphatic rings. The molecule has 6 nitrogen and oxygen atoms in total. The maximum Gasteiger partial charge on any atom is 0.490 e. The molecule has 0 bridgehead atoms. The summed E-state index contributed by atoms with van der Waals surface area (Å²) in [7, 11) is 0. The molecule has 0 spiro atoms. The number of carboxylic acid groups (broad SMARTS) is 2. The van der Waals surface area contributed by atoms with Crippen LogP contribution < -0.4 is 5.32 Å². The van der Waals surface area contributed by atoms with Crippen molar-refractivity contribution >= 4 is 23.6 Å².